The van der Waals surface area contributed by atoms with Crippen LogP contribution in [0.2, 0.25) is 0 Å². The van der Waals surface area contributed by atoms with E-state index in [1.165, 1.54) is 0 Å². The highest BCUT2D eigenvalue weighted by molar-refractivity contribution is 5.89. The largest absolute Gasteiger partial charge is 0.444 e. The average Bonchev–Trinajstić information content (AvgIpc) is 3.37. The zero-order valence-corrected chi connectivity index (χ0v) is 18.8. The lowest BCUT2D eigenvalue weighted by Gasteiger charge is -2.35. The predicted octanol–water partition coefficient (Wildman–Crippen LogP) is 5.41. The Bertz CT molecular complexity index is 1280. The topological polar surface area (TPSA) is 76.0 Å². The zero-order chi connectivity index (χ0) is 22.5. The number of carbonyl (C=O) groups excluding carboxylic acids is 1. The van der Waals surface area contributed by atoms with Gasteiger partial charge in [0.2, 0.25) is 0 Å². The molecule has 0 fully saturated rings. The van der Waals surface area contributed by atoms with Crippen molar-refractivity contribution in [3.63, 3.8) is 0 Å². The highest BCUT2D eigenvalue weighted by Crippen LogP contribution is 2.41. The summed E-state index contributed by atoms with van der Waals surface area (Å²) in [4.78, 5) is 22.2. The fourth-order valence-electron chi connectivity index (χ4n) is 4.38. The molecule has 1 aromatic carbocycles. The molecule has 7 heteroatoms. The van der Waals surface area contributed by atoms with Gasteiger partial charge in [0.15, 0.2) is 0 Å². The molecule has 0 bridgehead atoms. The van der Waals surface area contributed by atoms with Crippen molar-refractivity contribution in [2.45, 2.75) is 45.9 Å². The number of nitrogens with zero attached hydrogens (tertiary/aromatic N) is 4. The van der Waals surface area contributed by atoms with Crippen molar-refractivity contribution in [1.82, 2.24) is 24.6 Å². The standard InChI is InChI=1S/C25H27N5O2/c1-16-23-21(18-7-10-26-11-8-18)22(19-6-5-17-9-12-27-20(17)15-19)28-30(23)14-13-29(16)24(31)32-25(2,3)4/h5-12,15-16,27H,13-14H2,1-4H3. The van der Waals surface area contributed by atoms with Gasteiger partial charge >= 0.3 is 6.09 Å². The number of nitrogens with one attached hydrogen (secondary N) is 1. The molecular weight excluding hydrogens is 402 g/mol. The molecule has 4 heterocycles. The first-order valence-electron chi connectivity index (χ1n) is 10.9. The zero-order valence-electron chi connectivity index (χ0n) is 18.8. The number of hydrogen-bond donors (Lipinski definition) is 1. The Labute approximate surface area is 187 Å². The molecule has 1 unspecified atom stereocenters. The van der Waals surface area contributed by atoms with Gasteiger partial charge < -0.3 is 9.72 Å². The van der Waals surface area contributed by atoms with E-state index in [0.29, 0.717) is 13.1 Å². The molecule has 0 spiro atoms. The number of amides is 1. The van der Waals surface area contributed by atoms with Crippen LogP contribution in [0, 0.1) is 0 Å². The van der Waals surface area contributed by atoms with E-state index in [1.54, 1.807) is 17.3 Å². The Hall–Kier alpha value is -3.61. The third kappa shape index (κ3) is 3.53. The second kappa shape index (κ2) is 7.51. The number of H-pyrrole nitrogens is 1. The van der Waals surface area contributed by atoms with E-state index < -0.39 is 5.60 Å². The van der Waals surface area contributed by atoms with E-state index in [4.69, 9.17) is 9.84 Å². The minimum atomic E-state index is -0.543. The van der Waals surface area contributed by atoms with Crippen LogP contribution >= 0.6 is 0 Å². The van der Waals surface area contributed by atoms with Gasteiger partial charge in [0, 0.05) is 41.8 Å². The minimum absolute atomic E-state index is 0.183. The third-order valence-electron chi connectivity index (χ3n) is 5.83. The van der Waals surface area contributed by atoms with Crippen molar-refractivity contribution in [2.75, 3.05) is 6.54 Å². The van der Waals surface area contributed by atoms with Gasteiger partial charge in [0.25, 0.3) is 0 Å². The van der Waals surface area contributed by atoms with Crippen LogP contribution < -0.4 is 0 Å². The van der Waals surface area contributed by atoms with Crippen LogP contribution in [0.15, 0.2) is 55.0 Å². The average molecular weight is 430 g/mol. The normalized spacial score (nSPS) is 16.2. The van der Waals surface area contributed by atoms with Crippen LogP contribution in [-0.2, 0) is 11.3 Å². The fraction of sp³-hybridized carbons (Fsp3) is 0.320. The summed E-state index contributed by atoms with van der Waals surface area (Å²) in [6.07, 6.45) is 5.22. The van der Waals surface area contributed by atoms with Gasteiger partial charge in [0.1, 0.15) is 11.3 Å². The molecule has 1 atom stereocenters. The Morgan fingerprint density at radius 1 is 1.09 bits per heavy atom. The summed E-state index contributed by atoms with van der Waals surface area (Å²) in [6, 6.07) is 12.2. The van der Waals surface area contributed by atoms with E-state index in [1.807, 2.05) is 50.7 Å². The van der Waals surface area contributed by atoms with Gasteiger partial charge in [-0.25, -0.2) is 4.79 Å². The molecular formula is C25H27N5O2. The predicted molar refractivity (Wildman–Crippen MR) is 124 cm³/mol. The number of hydrogen-bond acceptors (Lipinski definition) is 4. The molecule has 1 N–H and O–H groups in total. The molecule has 0 saturated heterocycles. The monoisotopic (exact) mass is 429 g/mol. The van der Waals surface area contributed by atoms with Gasteiger partial charge in [-0.1, -0.05) is 12.1 Å². The van der Waals surface area contributed by atoms with Crippen LogP contribution in [0.3, 0.4) is 0 Å². The molecule has 1 amide bonds. The molecule has 3 aromatic heterocycles. The summed E-state index contributed by atoms with van der Waals surface area (Å²) in [5, 5.41) is 6.17. The lowest BCUT2D eigenvalue weighted by atomic mass is 9.95. The number of pyridine rings is 1. The maximum atomic E-state index is 12.9. The quantitative estimate of drug-likeness (QED) is 0.463. The number of benzene rings is 1. The van der Waals surface area contributed by atoms with Crippen molar-refractivity contribution in [1.29, 1.82) is 0 Å². The molecule has 1 aliphatic heterocycles. The molecule has 5 rings (SSSR count). The van der Waals surface area contributed by atoms with Crippen molar-refractivity contribution in [2.24, 2.45) is 0 Å². The maximum Gasteiger partial charge on any atom is 0.410 e. The van der Waals surface area contributed by atoms with E-state index in [0.717, 1.165) is 39.0 Å². The van der Waals surface area contributed by atoms with Crippen molar-refractivity contribution < 1.29 is 9.53 Å². The number of rotatable bonds is 2. The summed E-state index contributed by atoms with van der Waals surface area (Å²) >= 11 is 0. The van der Waals surface area contributed by atoms with Gasteiger partial charge in [-0.3, -0.25) is 14.6 Å². The van der Waals surface area contributed by atoms with Crippen LogP contribution in [0.1, 0.15) is 39.4 Å². The van der Waals surface area contributed by atoms with Gasteiger partial charge in [-0.2, -0.15) is 5.10 Å². The first-order valence-corrected chi connectivity index (χ1v) is 10.9. The molecule has 32 heavy (non-hydrogen) atoms. The Kier molecular flexibility index (Phi) is 4.77. The maximum absolute atomic E-state index is 12.9. The molecule has 4 aromatic rings. The second-order valence-corrected chi connectivity index (χ2v) is 9.20. The van der Waals surface area contributed by atoms with Crippen molar-refractivity contribution >= 4 is 17.0 Å². The molecule has 0 saturated carbocycles. The minimum Gasteiger partial charge on any atom is -0.444 e. The summed E-state index contributed by atoms with van der Waals surface area (Å²) in [5.41, 5.74) is 5.52. The van der Waals surface area contributed by atoms with Gasteiger partial charge in [0.05, 0.1) is 18.3 Å². The first kappa shape index (κ1) is 20.3. The van der Waals surface area contributed by atoms with E-state index in [2.05, 4.69) is 34.2 Å². The van der Waals surface area contributed by atoms with Gasteiger partial charge in [-0.15, -0.1) is 0 Å². The lowest BCUT2D eigenvalue weighted by molar-refractivity contribution is 0.0121. The number of ether oxygens (including phenoxy) is 1. The Morgan fingerprint density at radius 3 is 2.62 bits per heavy atom. The lowest BCUT2D eigenvalue weighted by Crippen LogP contribution is -2.43. The van der Waals surface area contributed by atoms with E-state index in [9.17, 15) is 4.79 Å². The molecule has 1 aliphatic rings. The number of aromatic amines is 1. The summed E-state index contributed by atoms with van der Waals surface area (Å²) < 4.78 is 7.72. The number of fused-ring (bicyclic) bond motifs is 2. The highest BCUT2D eigenvalue weighted by atomic mass is 16.6. The second-order valence-electron chi connectivity index (χ2n) is 9.20. The molecule has 7 nitrogen and oxygen atoms in total. The molecule has 0 radical (unpaired) electrons. The molecule has 0 aliphatic carbocycles. The van der Waals surface area contributed by atoms with Crippen molar-refractivity contribution in [3.05, 3.63) is 60.7 Å². The van der Waals surface area contributed by atoms with Crippen LogP contribution in [0.4, 0.5) is 4.79 Å². The smallest absolute Gasteiger partial charge is 0.410 e. The highest BCUT2D eigenvalue weighted by Gasteiger charge is 2.35. The Morgan fingerprint density at radius 2 is 1.88 bits per heavy atom. The first-order chi connectivity index (χ1) is 15.3. The summed E-state index contributed by atoms with van der Waals surface area (Å²) in [6.45, 7) is 8.87. The Balaban J connectivity index is 1.65. The van der Waals surface area contributed by atoms with Gasteiger partial charge in [-0.05, 0) is 62.9 Å². The van der Waals surface area contributed by atoms with Crippen LogP contribution in [-0.4, -0.2) is 42.9 Å². The number of aromatic nitrogens is 4. The van der Waals surface area contributed by atoms with E-state index >= 15 is 0 Å². The van der Waals surface area contributed by atoms with Crippen molar-refractivity contribution in [3.8, 4) is 22.4 Å². The molecule has 164 valence electrons. The van der Waals surface area contributed by atoms with E-state index in [-0.39, 0.29) is 12.1 Å². The fourth-order valence-corrected chi connectivity index (χ4v) is 4.38. The van der Waals surface area contributed by atoms with Crippen LogP contribution in [0.5, 0.6) is 0 Å². The number of carbonyl (C=O) groups is 1. The summed E-state index contributed by atoms with van der Waals surface area (Å²) in [7, 11) is 0. The van der Waals surface area contributed by atoms with Crippen LogP contribution in [0.25, 0.3) is 33.3 Å². The third-order valence-corrected chi connectivity index (χ3v) is 5.83. The SMILES string of the molecule is CC1c2c(-c3ccncc3)c(-c3ccc4cc[nH]c4c3)nn2CCN1C(=O)OC(C)(C)C. The summed E-state index contributed by atoms with van der Waals surface area (Å²) in [5.74, 6) is 0.